The van der Waals surface area contributed by atoms with Crippen molar-refractivity contribution in [3.8, 4) is 5.75 Å². The summed E-state index contributed by atoms with van der Waals surface area (Å²) in [6.07, 6.45) is 4.93. The third-order valence-electron chi connectivity index (χ3n) is 2.62. The minimum atomic E-state index is 0.520. The average molecular weight is 241 g/mol. The fourth-order valence-electron chi connectivity index (χ4n) is 1.66. The summed E-state index contributed by atoms with van der Waals surface area (Å²) in [5.74, 6) is 1.46. The molecule has 0 saturated heterocycles. The molecule has 1 nitrogen and oxygen atoms in total. The smallest absolute Gasteiger partial charge is 0.123 e. The fourth-order valence-corrected chi connectivity index (χ4v) is 1.87. The first-order valence-corrected chi connectivity index (χ1v) is 6.59. The van der Waals surface area contributed by atoms with E-state index < -0.39 is 0 Å². The van der Waals surface area contributed by atoms with Crippen molar-refractivity contribution in [1.29, 1.82) is 0 Å². The lowest BCUT2D eigenvalue weighted by atomic mass is 10.1. The Morgan fingerprint density at radius 2 is 2.00 bits per heavy atom. The molecule has 0 aliphatic heterocycles. The van der Waals surface area contributed by atoms with E-state index in [1.807, 2.05) is 6.07 Å². The second-order valence-corrected chi connectivity index (χ2v) is 4.42. The summed E-state index contributed by atoms with van der Waals surface area (Å²) < 4.78 is 5.75. The Morgan fingerprint density at radius 1 is 1.19 bits per heavy atom. The molecule has 16 heavy (non-hydrogen) atoms. The summed E-state index contributed by atoms with van der Waals surface area (Å²) in [4.78, 5) is 0. The van der Waals surface area contributed by atoms with Crippen molar-refractivity contribution in [3.63, 3.8) is 0 Å². The third kappa shape index (κ3) is 4.44. The highest BCUT2D eigenvalue weighted by atomic mass is 35.5. The predicted molar refractivity (Wildman–Crippen MR) is 70.4 cm³/mol. The molecule has 0 saturated carbocycles. The lowest BCUT2D eigenvalue weighted by Gasteiger charge is -2.10. The second-order valence-electron chi connectivity index (χ2n) is 4.15. The van der Waals surface area contributed by atoms with Crippen molar-refractivity contribution >= 4 is 11.6 Å². The Morgan fingerprint density at radius 3 is 2.69 bits per heavy atom. The van der Waals surface area contributed by atoms with Gasteiger partial charge in [-0.25, -0.2) is 0 Å². The van der Waals surface area contributed by atoms with Crippen molar-refractivity contribution in [2.45, 2.75) is 45.4 Å². The van der Waals surface area contributed by atoms with Crippen LogP contribution in [0.25, 0.3) is 0 Å². The van der Waals surface area contributed by atoms with E-state index in [-0.39, 0.29) is 0 Å². The summed E-state index contributed by atoms with van der Waals surface area (Å²) in [6.45, 7) is 5.08. The second kappa shape index (κ2) is 7.56. The Bertz CT molecular complexity index is 310. The number of hydrogen-bond acceptors (Lipinski definition) is 1. The Labute approximate surface area is 104 Å². The zero-order chi connectivity index (χ0) is 11.8. The molecule has 0 aromatic heterocycles. The Balaban J connectivity index is 2.41. The van der Waals surface area contributed by atoms with Crippen LogP contribution in [0.5, 0.6) is 5.75 Å². The Kier molecular flexibility index (Phi) is 6.32. The highest BCUT2D eigenvalue weighted by molar-refractivity contribution is 6.17. The molecule has 0 fully saturated rings. The molecule has 0 heterocycles. The van der Waals surface area contributed by atoms with Crippen LogP contribution in [0, 0.1) is 6.92 Å². The van der Waals surface area contributed by atoms with Crippen LogP contribution in [-0.4, -0.2) is 6.61 Å². The number of ether oxygens (including phenoxy) is 1. The summed E-state index contributed by atoms with van der Waals surface area (Å²) >= 11 is 5.89. The number of rotatable bonds is 7. The van der Waals surface area contributed by atoms with Gasteiger partial charge in [0.05, 0.1) is 12.5 Å². The van der Waals surface area contributed by atoms with E-state index in [1.54, 1.807) is 0 Å². The molecule has 1 aromatic carbocycles. The molecule has 90 valence electrons. The number of benzene rings is 1. The van der Waals surface area contributed by atoms with Crippen LogP contribution >= 0.6 is 11.6 Å². The lowest BCUT2D eigenvalue weighted by Crippen LogP contribution is -1.99. The summed E-state index contributed by atoms with van der Waals surface area (Å²) in [7, 11) is 0. The highest BCUT2D eigenvalue weighted by Crippen LogP contribution is 2.22. The van der Waals surface area contributed by atoms with Gasteiger partial charge in [-0.1, -0.05) is 43.9 Å². The van der Waals surface area contributed by atoms with E-state index in [2.05, 4.69) is 26.0 Å². The molecule has 0 atom stereocenters. The summed E-state index contributed by atoms with van der Waals surface area (Å²) in [5.41, 5.74) is 2.33. The Hall–Kier alpha value is -0.690. The number of halogens is 1. The molecule has 0 amide bonds. The van der Waals surface area contributed by atoms with Crippen molar-refractivity contribution < 1.29 is 4.74 Å². The SMILES string of the molecule is CCCCCCOc1ccc(C)cc1CCl. The van der Waals surface area contributed by atoms with Gasteiger partial charge in [0.1, 0.15) is 5.75 Å². The average Bonchev–Trinajstić information content (AvgIpc) is 2.30. The highest BCUT2D eigenvalue weighted by Gasteiger charge is 2.02. The van der Waals surface area contributed by atoms with Crippen LogP contribution in [-0.2, 0) is 5.88 Å². The zero-order valence-electron chi connectivity index (χ0n) is 10.3. The third-order valence-corrected chi connectivity index (χ3v) is 2.90. The van der Waals surface area contributed by atoms with Crippen molar-refractivity contribution in [2.75, 3.05) is 6.61 Å². The number of alkyl halides is 1. The van der Waals surface area contributed by atoms with E-state index in [9.17, 15) is 0 Å². The molecule has 1 rings (SSSR count). The molecular weight excluding hydrogens is 220 g/mol. The monoisotopic (exact) mass is 240 g/mol. The molecule has 2 heteroatoms. The van der Waals surface area contributed by atoms with E-state index in [1.165, 1.54) is 24.8 Å². The van der Waals surface area contributed by atoms with Gasteiger partial charge in [-0.05, 0) is 19.4 Å². The van der Waals surface area contributed by atoms with Crippen molar-refractivity contribution in [2.24, 2.45) is 0 Å². The number of aryl methyl sites for hydroxylation is 1. The molecular formula is C14H21ClO. The van der Waals surface area contributed by atoms with Gasteiger partial charge in [0.2, 0.25) is 0 Å². The normalized spacial score (nSPS) is 10.4. The minimum Gasteiger partial charge on any atom is -0.493 e. The standard InChI is InChI=1S/C14H21ClO/c1-3-4-5-6-9-16-14-8-7-12(2)10-13(14)11-15/h7-8,10H,3-6,9,11H2,1-2H3. The number of hydrogen-bond donors (Lipinski definition) is 0. The van der Waals surface area contributed by atoms with Gasteiger partial charge in [0.25, 0.3) is 0 Å². The van der Waals surface area contributed by atoms with Gasteiger partial charge in [-0.2, -0.15) is 0 Å². The predicted octanol–water partition coefficient (Wildman–Crippen LogP) is 4.69. The van der Waals surface area contributed by atoms with E-state index >= 15 is 0 Å². The van der Waals surface area contributed by atoms with Crippen LogP contribution < -0.4 is 4.74 Å². The van der Waals surface area contributed by atoms with E-state index in [0.29, 0.717) is 5.88 Å². The summed E-state index contributed by atoms with van der Waals surface area (Å²) in [5, 5.41) is 0. The maximum absolute atomic E-state index is 5.89. The van der Waals surface area contributed by atoms with Gasteiger partial charge >= 0.3 is 0 Å². The maximum Gasteiger partial charge on any atom is 0.123 e. The largest absolute Gasteiger partial charge is 0.493 e. The van der Waals surface area contributed by atoms with E-state index in [4.69, 9.17) is 16.3 Å². The lowest BCUT2D eigenvalue weighted by molar-refractivity contribution is 0.303. The van der Waals surface area contributed by atoms with Crippen molar-refractivity contribution in [3.05, 3.63) is 29.3 Å². The van der Waals surface area contributed by atoms with Crippen LogP contribution in [0.2, 0.25) is 0 Å². The van der Waals surface area contributed by atoms with Gasteiger partial charge < -0.3 is 4.74 Å². The first-order chi connectivity index (χ1) is 7.77. The quantitative estimate of drug-likeness (QED) is 0.496. The molecule has 0 N–H and O–H groups in total. The van der Waals surface area contributed by atoms with Crippen LogP contribution in [0.1, 0.15) is 43.7 Å². The van der Waals surface area contributed by atoms with Gasteiger partial charge in [-0.15, -0.1) is 11.6 Å². The van der Waals surface area contributed by atoms with Crippen molar-refractivity contribution in [1.82, 2.24) is 0 Å². The molecule has 0 aliphatic rings. The maximum atomic E-state index is 5.89. The molecule has 0 unspecified atom stereocenters. The first kappa shape index (κ1) is 13.4. The van der Waals surface area contributed by atoms with Gasteiger partial charge in [0.15, 0.2) is 0 Å². The summed E-state index contributed by atoms with van der Waals surface area (Å²) in [6, 6.07) is 6.18. The van der Waals surface area contributed by atoms with E-state index in [0.717, 1.165) is 24.3 Å². The topological polar surface area (TPSA) is 9.23 Å². The molecule has 1 aromatic rings. The van der Waals surface area contributed by atoms with Crippen LogP contribution in [0.4, 0.5) is 0 Å². The molecule has 0 spiro atoms. The zero-order valence-corrected chi connectivity index (χ0v) is 11.0. The molecule has 0 bridgehead atoms. The van der Waals surface area contributed by atoms with Gasteiger partial charge in [0, 0.05) is 5.56 Å². The fraction of sp³-hybridized carbons (Fsp3) is 0.571. The first-order valence-electron chi connectivity index (χ1n) is 6.06. The van der Waals surface area contributed by atoms with Crippen LogP contribution in [0.15, 0.2) is 18.2 Å². The molecule has 0 radical (unpaired) electrons. The number of unbranched alkanes of at least 4 members (excludes halogenated alkanes) is 3. The van der Waals surface area contributed by atoms with Gasteiger partial charge in [-0.3, -0.25) is 0 Å². The molecule has 0 aliphatic carbocycles. The minimum absolute atomic E-state index is 0.520. The van der Waals surface area contributed by atoms with Crippen LogP contribution in [0.3, 0.4) is 0 Å².